The molecule has 4 aliphatic carbocycles. The van der Waals surface area contributed by atoms with E-state index in [-0.39, 0.29) is 69.3 Å². The van der Waals surface area contributed by atoms with E-state index in [1.807, 2.05) is 12.1 Å². The molecule has 216 valence electrons. The topological polar surface area (TPSA) is 141 Å². The van der Waals surface area contributed by atoms with E-state index in [0.717, 1.165) is 12.8 Å². The second-order valence-electron chi connectivity index (χ2n) is 13.8. The SMILES string of the molecule is CC(CCC(=O)O)C1CCC2C3C(O)CC4CC(O)CC(Cc5ccccc5[N+](=O)[O-])C4(C)C3CC(O)C12C. The van der Waals surface area contributed by atoms with Gasteiger partial charge in [-0.05, 0) is 104 Å². The van der Waals surface area contributed by atoms with Crippen molar-refractivity contribution in [3.05, 3.63) is 39.9 Å². The summed E-state index contributed by atoms with van der Waals surface area (Å²) in [6.45, 7) is 6.55. The van der Waals surface area contributed by atoms with E-state index in [1.54, 1.807) is 12.1 Å². The van der Waals surface area contributed by atoms with Crippen molar-refractivity contribution in [3.8, 4) is 0 Å². The third-order valence-electron chi connectivity index (χ3n) is 12.3. The van der Waals surface area contributed by atoms with Crippen LogP contribution in [-0.4, -0.2) is 49.6 Å². The lowest BCUT2D eigenvalue weighted by molar-refractivity contribution is -0.385. The lowest BCUT2D eigenvalue weighted by Crippen LogP contribution is -2.64. The van der Waals surface area contributed by atoms with Gasteiger partial charge in [0.05, 0.1) is 23.2 Å². The number of para-hydroxylation sites is 1. The fraction of sp³-hybridized carbons (Fsp3) is 0.774. The number of fused-ring (bicyclic) bond motifs is 5. The maximum Gasteiger partial charge on any atom is 0.303 e. The van der Waals surface area contributed by atoms with Gasteiger partial charge in [0.1, 0.15) is 0 Å². The Morgan fingerprint density at radius 3 is 2.46 bits per heavy atom. The van der Waals surface area contributed by atoms with Crippen molar-refractivity contribution in [1.82, 2.24) is 0 Å². The molecule has 39 heavy (non-hydrogen) atoms. The summed E-state index contributed by atoms with van der Waals surface area (Å²) in [4.78, 5) is 22.7. The van der Waals surface area contributed by atoms with Gasteiger partial charge in [-0.15, -0.1) is 0 Å². The van der Waals surface area contributed by atoms with Gasteiger partial charge in [0.2, 0.25) is 0 Å². The molecular formula is C31H45NO7. The van der Waals surface area contributed by atoms with Crippen LogP contribution in [0.2, 0.25) is 0 Å². The standard InChI is InChI=1S/C31H45NO7/c1-17(8-11-28(36)37)22-9-10-23-29-24(16-27(35)31(22,23)3)30(2)19(13-21(33)14-20(30)15-26(29)34)12-18-6-4-5-7-25(18)32(38)39/h4-7,17,19-24,26-27,29,33-35H,8-16H2,1-3H3,(H,36,37). The zero-order valence-corrected chi connectivity index (χ0v) is 23.4. The zero-order valence-electron chi connectivity index (χ0n) is 23.4. The summed E-state index contributed by atoms with van der Waals surface area (Å²) >= 11 is 0. The van der Waals surface area contributed by atoms with Crippen LogP contribution in [0.5, 0.6) is 0 Å². The number of rotatable bonds is 7. The number of carboxylic acid groups (broad SMARTS) is 1. The van der Waals surface area contributed by atoms with Crippen LogP contribution in [0.15, 0.2) is 24.3 Å². The second kappa shape index (κ2) is 10.4. The highest BCUT2D eigenvalue weighted by atomic mass is 16.6. The van der Waals surface area contributed by atoms with E-state index >= 15 is 0 Å². The molecular weight excluding hydrogens is 498 g/mol. The molecule has 4 N–H and O–H groups in total. The van der Waals surface area contributed by atoms with E-state index < -0.39 is 24.3 Å². The smallest absolute Gasteiger partial charge is 0.303 e. The number of hydrogen-bond acceptors (Lipinski definition) is 6. The van der Waals surface area contributed by atoms with Crippen molar-refractivity contribution >= 4 is 11.7 Å². The average Bonchev–Trinajstić information content (AvgIpc) is 3.23. The first kappa shape index (κ1) is 28.5. The first-order chi connectivity index (χ1) is 18.4. The first-order valence-corrected chi connectivity index (χ1v) is 14.9. The Hall–Kier alpha value is -2.03. The van der Waals surface area contributed by atoms with Crippen molar-refractivity contribution in [3.63, 3.8) is 0 Å². The molecule has 5 rings (SSSR count). The lowest BCUT2D eigenvalue weighted by atomic mass is 9.40. The number of carboxylic acids is 1. The third-order valence-corrected chi connectivity index (χ3v) is 12.3. The zero-order chi connectivity index (χ0) is 28.3. The summed E-state index contributed by atoms with van der Waals surface area (Å²) < 4.78 is 0. The van der Waals surface area contributed by atoms with E-state index in [2.05, 4.69) is 20.8 Å². The highest BCUT2D eigenvalue weighted by molar-refractivity contribution is 5.66. The monoisotopic (exact) mass is 543 g/mol. The van der Waals surface area contributed by atoms with Crippen LogP contribution in [0.25, 0.3) is 0 Å². The summed E-state index contributed by atoms with van der Waals surface area (Å²) in [5.41, 5.74) is 0.127. The lowest BCUT2D eigenvalue weighted by Gasteiger charge is -2.65. The van der Waals surface area contributed by atoms with Gasteiger partial charge in [0.15, 0.2) is 0 Å². The molecule has 0 aliphatic heterocycles. The molecule has 0 bridgehead atoms. The number of aliphatic hydroxyl groups excluding tert-OH is 3. The van der Waals surface area contributed by atoms with Crippen LogP contribution >= 0.6 is 0 Å². The van der Waals surface area contributed by atoms with Crippen LogP contribution in [0.4, 0.5) is 5.69 Å². The molecule has 1 aromatic rings. The summed E-state index contributed by atoms with van der Waals surface area (Å²) in [7, 11) is 0. The third kappa shape index (κ3) is 4.60. The van der Waals surface area contributed by atoms with Crippen LogP contribution in [0, 0.1) is 62.4 Å². The molecule has 4 saturated carbocycles. The van der Waals surface area contributed by atoms with Crippen molar-refractivity contribution in [1.29, 1.82) is 0 Å². The maximum absolute atomic E-state index is 11.9. The second-order valence-corrected chi connectivity index (χ2v) is 13.8. The fourth-order valence-electron chi connectivity index (χ4n) is 10.4. The number of aliphatic hydroxyl groups is 3. The summed E-state index contributed by atoms with van der Waals surface area (Å²) in [6.07, 6.45) is 3.77. The van der Waals surface area contributed by atoms with Crippen molar-refractivity contribution < 1.29 is 30.1 Å². The van der Waals surface area contributed by atoms with Crippen LogP contribution in [0.1, 0.15) is 77.7 Å². The number of carbonyl (C=O) groups is 1. The minimum Gasteiger partial charge on any atom is -0.481 e. The Morgan fingerprint density at radius 1 is 1.05 bits per heavy atom. The largest absolute Gasteiger partial charge is 0.481 e. The van der Waals surface area contributed by atoms with Crippen LogP contribution in [0.3, 0.4) is 0 Å². The number of nitro benzene ring substituents is 1. The highest BCUT2D eigenvalue weighted by Gasteiger charge is 2.67. The van der Waals surface area contributed by atoms with Gasteiger partial charge < -0.3 is 20.4 Å². The minimum atomic E-state index is -0.795. The normalized spacial score (nSPS) is 44.1. The Bertz CT molecular complexity index is 1090. The summed E-state index contributed by atoms with van der Waals surface area (Å²) in [5, 5.41) is 55.5. The molecule has 0 amide bonds. The number of nitrogens with zero attached hydrogens (tertiary/aromatic N) is 1. The number of hydrogen-bond donors (Lipinski definition) is 4. The summed E-state index contributed by atoms with van der Waals surface area (Å²) in [6, 6.07) is 6.87. The number of benzene rings is 1. The van der Waals surface area contributed by atoms with Crippen LogP contribution in [-0.2, 0) is 11.2 Å². The van der Waals surface area contributed by atoms with Gasteiger partial charge in [-0.3, -0.25) is 14.9 Å². The predicted octanol–water partition coefficient (Wildman–Crippen LogP) is 4.83. The Kier molecular flexibility index (Phi) is 7.61. The van der Waals surface area contributed by atoms with Crippen molar-refractivity contribution in [2.75, 3.05) is 0 Å². The molecule has 0 heterocycles. The van der Waals surface area contributed by atoms with Gasteiger partial charge >= 0.3 is 5.97 Å². The predicted molar refractivity (Wildman–Crippen MR) is 146 cm³/mol. The van der Waals surface area contributed by atoms with Gasteiger partial charge in [-0.1, -0.05) is 39.0 Å². The van der Waals surface area contributed by atoms with Gasteiger partial charge in [0.25, 0.3) is 5.69 Å². The molecule has 4 fully saturated rings. The quantitative estimate of drug-likeness (QED) is 0.285. The molecule has 0 saturated heterocycles. The minimum absolute atomic E-state index is 0.00408. The van der Waals surface area contributed by atoms with Crippen molar-refractivity contribution in [2.24, 2.45) is 52.3 Å². The molecule has 8 heteroatoms. The molecule has 0 aromatic heterocycles. The van der Waals surface area contributed by atoms with E-state index in [1.165, 1.54) is 0 Å². The molecule has 12 unspecified atom stereocenters. The van der Waals surface area contributed by atoms with Gasteiger partial charge in [-0.2, -0.15) is 0 Å². The number of nitro groups is 1. The van der Waals surface area contributed by atoms with Gasteiger partial charge in [0, 0.05) is 18.1 Å². The first-order valence-electron chi connectivity index (χ1n) is 14.9. The summed E-state index contributed by atoms with van der Waals surface area (Å²) in [5.74, 6) is -0.155. The molecule has 12 atom stereocenters. The molecule has 4 aliphatic rings. The average molecular weight is 544 g/mol. The highest BCUT2D eigenvalue weighted by Crippen LogP contribution is 2.69. The number of aliphatic carboxylic acids is 1. The Morgan fingerprint density at radius 2 is 1.77 bits per heavy atom. The maximum atomic E-state index is 11.9. The van der Waals surface area contributed by atoms with E-state index in [0.29, 0.717) is 44.1 Å². The molecule has 0 spiro atoms. The molecule has 1 aromatic carbocycles. The van der Waals surface area contributed by atoms with Gasteiger partial charge in [-0.25, -0.2) is 0 Å². The fourth-order valence-corrected chi connectivity index (χ4v) is 10.4. The molecule has 0 radical (unpaired) electrons. The van der Waals surface area contributed by atoms with Crippen LogP contribution < -0.4 is 0 Å². The Labute approximate surface area is 231 Å². The van der Waals surface area contributed by atoms with E-state index in [9.17, 15) is 35.3 Å². The van der Waals surface area contributed by atoms with Crippen molar-refractivity contribution in [2.45, 2.75) is 96.9 Å². The van der Waals surface area contributed by atoms with E-state index in [4.69, 9.17) is 0 Å². The molecule has 8 nitrogen and oxygen atoms in total. The Balaban J connectivity index is 1.48.